The van der Waals surface area contributed by atoms with Gasteiger partial charge in [0.1, 0.15) is 5.75 Å². The van der Waals surface area contributed by atoms with Gasteiger partial charge in [-0.2, -0.15) is 0 Å². The second-order valence-electron chi connectivity index (χ2n) is 8.42. The molecule has 0 fully saturated rings. The van der Waals surface area contributed by atoms with Gasteiger partial charge in [0.15, 0.2) is 22.9 Å². The van der Waals surface area contributed by atoms with Gasteiger partial charge >= 0.3 is 0 Å². The van der Waals surface area contributed by atoms with E-state index in [1.807, 2.05) is 25.1 Å². The summed E-state index contributed by atoms with van der Waals surface area (Å²) in [5.74, 6) is -0.584. The summed E-state index contributed by atoms with van der Waals surface area (Å²) in [4.78, 5) is 30.3. The number of amides is 1. The number of ketones is 1. The number of hydrogen-bond donors (Lipinski definition) is 1. The zero-order valence-electron chi connectivity index (χ0n) is 19.7. The van der Waals surface area contributed by atoms with E-state index < -0.39 is 23.5 Å². The summed E-state index contributed by atoms with van der Waals surface area (Å²) >= 11 is 0. The summed E-state index contributed by atoms with van der Waals surface area (Å²) in [6.45, 7) is 1.12. The molecule has 34 heavy (non-hydrogen) atoms. The second-order valence-corrected chi connectivity index (χ2v) is 8.42. The fourth-order valence-corrected chi connectivity index (χ4v) is 4.27. The highest BCUT2D eigenvalue weighted by atomic mass is 16.5. The number of fused-ring (bicyclic) bond motifs is 1. The molecule has 1 aromatic heterocycles. The number of methoxy groups -OCH3 is 2. The van der Waals surface area contributed by atoms with Crippen LogP contribution in [-0.4, -0.2) is 68.0 Å². The monoisotopic (exact) mass is 464 g/mol. The van der Waals surface area contributed by atoms with Crippen LogP contribution in [-0.2, 0) is 4.79 Å². The summed E-state index contributed by atoms with van der Waals surface area (Å²) in [5, 5.41) is 11.5. The normalized spacial score (nSPS) is 16.1. The number of para-hydroxylation sites is 1. The molecule has 1 atom stereocenters. The molecule has 1 amide bonds. The predicted octanol–water partition coefficient (Wildman–Crippen LogP) is 3.98. The summed E-state index contributed by atoms with van der Waals surface area (Å²) in [5.41, 5.74) is 1.08. The van der Waals surface area contributed by atoms with E-state index in [4.69, 9.17) is 13.9 Å². The number of Topliss-reactive ketones (excluding diaryl/α,β-unsaturated/α-hetero) is 1. The molecule has 8 heteroatoms. The fraction of sp³-hybridized carbons (Fsp3) is 0.308. The van der Waals surface area contributed by atoms with Crippen molar-refractivity contribution in [1.29, 1.82) is 0 Å². The Kier molecular flexibility index (Phi) is 6.61. The van der Waals surface area contributed by atoms with Gasteiger partial charge in [-0.3, -0.25) is 9.59 Å². The molecule has 3 aromatic rings. The Balaban J connectivity index is 1.78. The van der Waals surface area contributed by atoms with Crippen LogP contribution in [0.3, 0.4) is 0 Å². The molecule has 8 nitrogen and oxygen atoms in total. The average Bonchev–Trinajstić information content (AvgIpc) is 3.38. The van der Waals surface area contributed by atoms with Crippen LogP contribution >= 0.6 is 0 Å². The van der Waals surface area contributed by atoms with E-state index in [2.05, 4.69) is 0 Å². The molecule has 1 N–H and O–H groups in total. The third-order valence-electron chi connectivity index (χ3n) is 5.91. The number of carbonyl (C=O) groups is 2. The average molecular weight is 465 g/mol. The molecule has 2 heterocycles. The minimum absolute atomic E-state index is 0.0128. The van der Waals surface area contributed by atoms with Gasteiger partial charge in [0.05, 0.1) is 25.8 Å². The van der Waals surface area contributed by atoms with Gasteiger partial charge in [0.25, 0.3) is 5.91 Å². The Morgan fingerprint density at radius 1 is 1.12 bits per heavy atom. The van der Waals surface area contributed by atoms with Crippen molar-refractivity contribution >= 4 is 22.7 Å². The zero-order valence-corrected chi connectivity index (χ0v) is 19.7. The van der Waals surface area contributed by atoms with Gasteiger partial charge < -0.3 is 28.8 Å². The molecule has 0 saturated heterocycles. The summed E-state index contributed by atoms with van der Waals surface area (Å²) in [6, 6.07) is 13.3. The maximum atomic E-state index is 13.7. The highest BCUT2D eigenvalue weighted by Gasteiger charge is 2.44. The topological polar surface area (TPSA) is 92.4 Å². The quantitative estimate of drug-likeness (QED) is 0.479. The molecule has 178 valence electrons. The predicted molar refractivity (Wildman–Crippen MR) is 127 cm³/mol. The smallest absolute Gasteiger partial charge is 0.290 e. The maximum Gasteiger partial charge on any atom is 0.290 e. The molecular formula is C26H28N2O6. The van der Waals surface area contributed by atoms with E-state index in [9.17, 15) is 14.7 Å². The van der Waals surface area contributed by atoms with Gasteiger partial charge in [-0.25, -0.2) is 0 Å². The van der Waals surface area contributed by atoms with E-state index in [0.717, 1.165) is 6.54 Å². The van der Waals surface area contributed by atoms with Crippen molar-refractivity contribution in [2.24, 2.45) is 0 Å². The lowest BCUT2D eigenvalue weighted by Crippen LogP contribution is -2.33. The standard InChI is InChI=1S/C26H28N2O6/c1-27(2)12-7-13-28-22(16-8-5-10-18(14-16)32-3)21(24(30)26(28)31)23(29)20-15-17-9-6-11-19(33-4)25(17)34-20/h5-6,8-11,14-15,22,30H,7,12-13H2,1-4H3/t22-/m0/s1. The summed E-state index contributed by atoms with van der Waals surface area (Å²) in [7, 11) is 6.97. The van der Waals surface area contributed by atoms with E-state index in [-0.39, 0.29) is 11.3 Å². The van der Waals surface area contributed by atoms with Crippen LogP contribution in [0.2, 0.25) is 0 Å². The Morgan fingerprint density at radius 3 is 2.59 bits per heavy atom. The maximum absolute atomic E-state index is 13.7. The van der Waals surface area contributed by atoms with E-state index >= 15 is 0 Å². The van der Waals surface area contributed by atoms with Crippen molar-refractivity contribution in [3.05, 3.63) is 71.2 Å². The van der Waals surface area contributed by atoms with Gasteiger partial charge in [0, 0.05) is 11.9 Å². The number of hydrogen-bond acceptors (Lipinski definition) is 7. The minimum Gasteiger partial charge on any atom is -0.503 e. The summed E-state index contributed by atoms with van der Waals surface area (Å²) in [6.07, 6.45) is 0.676. The first-order valence-electron chi connectivity index (χ1n) is 11.0. The minimum atomic E-state index is -0.771. The third-order valence-corrected chi connectivity index (χ3v) is 5.91. The van der Waals surface area contributed by atoms with Crippen LogP contribution in [0.25, 0.3) is 11.0 Å². The summed E-state index contributed by atoms with van der Waals surface area (Å²) < 4.78 is 16.5. The second kappa shape index (κ2) is 9.61. The van der Waals surface area contributed by atoms with E-state index in [1.165, 1.54) is 12.0 Å². The lowest BCUT2D eigenvalue weighted by Gasteiger charge is -2.27. The molecule has 4 rings (SSSR count). The van der Waals surface area contributed by atoms with Gasteiger partial charge in [-0.15, -0.1) is 0 Å². The first-order valence-corrected chi connectivity index (χ1v) is 11.0. The first-order chi connectivity index (χ1) is 16.3. The van der Waals surface area contributed by atoms with Crippen LogP contribution in [0.1, 0.15) is 28.6 Å². The molecule has 0 radical (unpaired) electrons. The van der Waals surface area contributed by atoms with Crippen molar-refractivity contribution in [2.75, 3.05) is 41.4 Å². The van der Waals surface area contributed by atoms with Crippen LogP contribution in [0.4, 0.5) is 0 Å². The lowest BCUT2D eigenvalue weighted by atomic mass is 9.94. The first kappa shape index (κ1) is 23.4. The van der Waals surface area contributed by atoms with Crippen molar-refractivity contribution in [2.45, 2.75) is 12.5 Å². The molecule has 0 aliphatic carbocycles. The number of rotatable bonds is 9. The number of nitrogens with zero attached hydrogens (tertiary/aromatic N) is 2. The number of benzene rings is 2. The van der Waals surface area contributed by atoms with Crippen LogP contribution in [0.5, 0.6) is 11.5 Å². The Labute approximate surface area is 198 Å². The number of aliphatic hydroxyl groups is 1. The van der Waals surface area contributed by atoms with Gasteiger partial charge in [-0.1, -0.05) is 24.3 Å². The molecule has 1 aliphatic rings. The highest BCUT2D eigenvalue weighted by molar-refractivity contribution is 6.16. The van der Waals surface area contributed by atoms with Crippen molar-refractivity contribution in [3.8, 4) is 11.5 Å². The Morgan fingerprint density at radius 2 is 1.88 bits per heavy atom. The largest absolute Gasteiger partial charge is 0.503 e. The van der Waals surface area contributed by atoms with Crippen LogP contribution in [0, 0.1) is 0 Å². The Hall–Kier alpha value is -3.78. The van der Waals surface area contributed by atoms with Crippen LogP contribution < -0.4 is 9.47 Å². The van der Waals surface area contributed by atoms with Crippen LogP contribution in [0.15, 0.2) is 64.3 Å². The van der Waals surface area contributed by atoms with Gasteiger partial charge in [0.2, 0.25) is 5.78 Å². The molecule has 0 saturated carbocycles. The van der Waals surface area contributed by atoms with Gasteiger partial charge in [-0.05, 0) is 56.9 Å². The van der Waals surface area contributed by atoms with Crippen molar-refractivity contribution in [1.82, 2.24) is 9.80 Å². The van der Waals surface area contributed by atoms with E-state index in [0.29, 0.717) is 41.0 Å². The van der Waals surface area contributed by atoms with Crippen molar-refractivity contribution in [3.63, 3.8) is 0 Å². The molecule has 1 aliphatic heterocycles. The lowest BCUT2D eigenvalue weighted by molar-refractivity contribution is -0.129. The molecule has 0 unspecified atom stereocenters. The highest BCUT2D eigenvalue weighted by Crippen LogP contribution is 2.41. The zero-order chi connectivity index (χ0) is 24.4. The third kappa shape index (κ3) is 4.24. The molecule has 2 aromatic carbocycles. The molecule has 0 bridgehead atoms. The number of ether oxygens (including phenoxy) is 2. The van der Waals surface area contributed by atoms with E-state index in [1.54, 1.807) is 49.6 Å². The van der Waals surface area contributed by atoms with Crippen molar-refractivity contribution < 1.29 is 28.6 Å². The fourth-order valence-electron chi connectivity index (χ4n) is 4.27. The molecular weight excluding hydrogens is 436 g/mol. The number of aliphatic hydroxyl groups excluding tert-OH is 1. The number of furan rings is 1. The SMILES string of the molecule is COc1cccc([C@H]2C(C(=O)c3cc4cccc(OC)c4o3)=C(O)C(=O)N2CCCN(C)C)c1. The Bertz CT molecular complexity index is 1260. The number of carbonyl (C=O) groups excluding carboxylic acids is 2. The molecule has 0 spiro atoms.